The van der Waals surface area contributed by atoms with Gasteiger partial charge in [0.1, 0.15) is 0 Å². The number of benzene rings is 1. The van der Waals surface area contributed by atoms with Crippen molar-refractivity contribution in [2.75, 3.05) is 0 Å². The van der Waals surface area contributed by atoms with E-state index >= 15 is 0 Å². The number of hydrogen-bond acceptors (Lipinski definition) is 1. The molecular weight excluding hydrogens is 354 g/mol. The molecule has 0 aromatic heterocycles. The van der Waals surface area contributed by atoms with Crippen LogP contribution in [0.25, 0.3) is 0 Å². The Morgan fingerprint density at radius 1 is 0.786 bits per heavy atom. The summed E-state index contributed by atoms with van der Waals surface area (Å²) in [6.45, 7) is 20.3. The van der Waals surface area contributed by atoms with Crippen LogP contribution in [0.15, 0.2) is 12.1 Å². The van der Waals surface area contributed by atoms with Crippen molar-refractivity contribution in [3.05, 3.63) is 34.4 Å². The van der Waals surface area contributed by atoms with Crippen molar-refractivity contribution in [2.24, 2.45) is 0 Å². The average Bonchev–Trinajstić information content (AvgIpc) is 2.52. The van der Waals surface area contributed by atoms with Crippen LogP contribution in [0.4, 0.5) is 0 Å². The molecule has 1 saturated carbocycles. The zero-order valence-electron chi connectivity index (χ0n) is 20.1. The fourth-order valence-electron chi connectivity index (χ4n) is 3.93. The van der Waals surface area contributed by atoms with Gasteiger partial charge in [0.15, 0.2) is 0 Å². The summed E-state index contributed by atoms with van der Waals surface area (Å²) in [5.74, 6) is 0. The first-order valence-corrected chi connectivity index (χ1v) is 11.6. The first-order valence-electron chi connectivity index (χ1n) is 10.7. The summed E-state index contributed by atoms with van der Waals surface area (Å²) in [7, 11) is 1.02. The summed E-state index contributed by atoms with van der Waals surface area (Å²) >= 11 is 0. The largest absolute Gasteiger partial charge is 1.00 e. The molecule has 0 N–H and O–H groups in total. The van der Waals surface area contributed by atoms with Gasteiger partial charge in [0.05, 0.1) is 0 Å². The van der Waals surface area contributed by atoms with Gasteiger partial charge >= 0.3 is 18.9 Å². The third-order valence-electron chi connectivity index (χ3n) is 5.71. The van der Waals surface area contributed by atoms with Crippen LogP contribution in [0, 0.1) is 0 Å². The van der Waals surface area contributed by atoms with E-state index in [4.69, 9.17) is 0 Å². The summed E-state index contributed by atoms with van der Waals surface area (Å²) in [4.78, 5) is 13.6. The monoisotopic (exact) mass is 394 g/mol. The van der Waals surface area contributed by atoms with E-state index in [1.807, 2.05) is 0 Å². The summed E-state index contributed by atoms with van der Waals surface area (Å²) in [5, 5.41) is 0. The first kappa shape index (κ1) is 26.0. The fraction of sp³-hybridized carbons (Fsp3) is 0.720. The number of carbonyl (C=O) groups excluding carboxylic acids is 1. The molecule has 1 aliphatic rings. The van der Waals surface area contributed by atoms with Crippen LogP contribution in [-0.2, 0) is 16.2 Å². The Kier molecular flexibility index (Phi) is 8.69. The predicted molar refractivity (Wildman–Crippen MR) is 121 cm³/mol. The van der Waals surface area contributed by atoms with Gasteiger partial charge in [0, 0.05) is 5.52 Å². The van der Waals surface area contributed by atoms with Crippen molar-refractivity contribution in [1.82, 2.24) is 0 Å². The summed E-state index contributed by atoms with van der Waals surface area (Å²) in [6.07, 6.45) is 6.32. The standard InChI is InChI=1S/C25H40OP.Li/c1-23(2,3)17-15-19(24(4,5)6)21(20(16-17)25(7,8)9)22(26)27-18-13-11-10-12-14-18;/h15-16,18H,10-14H2,1-9H3;/q-1;+1. The minimum Gasteiger partial charge on any atom is -0.456 e. The molecule has 1 aromatic rings. The second kappa shape index (κ2) is 9.37. The molecule has 152 valence electrons. The number of hydrogen-bond donors (Lipinski definition) is 0. The predicted octanol–water partition coefficient (Wildman–Crippen LogP) is 5.00. The first-order chi connectivity index (χ1) is 12.2. The molecule has 0 aliphatic heterocycles. The van der Waals surface area contributed by atoms with E-state index in [9.17, 15) is 4.79 Å². The van der Waals surface area contributed by atoms with Gasteiger partial charge in [-0.25, -0.2) is 0 Å². The third kappa shape index (κ3) is 6.46. The van der Waals surface area contributed by atoms with Crippen LogP contribution in [0.2, 0.25) is 0 Å². The molecule has 0 spiro atoms. The molecular formula is C25H40LiOP. The van der Waals surface area contributed by atoms with Gasteiger partial charge in [0.2, 0.25) is 0 Å². The summed E-state index contributed by atoms with van der Waals surface area (Å²) in [6, 6.07) is 4.64. The smallest absolute Gasteiger partial charge is 0.456 e. The van der Waals surface area contributed by atoms with E-state index in [0.29, 0.717) is 11.2 Å². The molecule has 0 unspecified atom stereocenters. The quantitative estimate of drug-likeness (QED) is 0.521. The van der Waals surface area contributed by atoms with E-state index in [1.54, 1.807) is 0 Å². The maximum Gasteiger partial charge on any atom is 1.00 e. The molecule has 0 heterocycles. The van der Waals surface area contributed by atoms with Gasteiger partial charge in [-0.3, -0.25) is 0 Å². The van der Waals surface area contributed by atoms with E-state index in [0.717, 1.165) is 14.1 Å². The molecule has 1 fully saturated rings. The van der Waals surface area contributed by atoms with Crippen LogP contribution >= 0.6 is 8.58 Å². The zero-order chi connectivity index (χ0) is 20.6. The Morgan fingerprint density at radius 3 is 1.57 bits per heavy atom. The Balaban J connectivity index is 0.00000392. The van der Waals surface area contributed by atoms with Gasteiger partial charge in [-0.15, -0.1) is 0 Å². The van der Waals surface area contributed by atoms with Crippen molar-refractivity contribution in [3.63, 3.8) is 0 Å². The fourth-order valence-corrected chi connectivity index (χ4v) is 5.25. The van der Waals surface area contributed by atoms with Crippen molar-refractivity contribution < 1.29 is 23.7 Å². The van der Waals surface area contributed by atoms with Gasteiger partial charge in [-0.05, 0) is 38.5 Å². The zero-order valence-corrected chi connectivity index (χ0v) is 21.0. The molecule has 0 radical (unpaired) electrons. The Labute approximate surface area is 188 Å². The number of rotatable bonds is 3. The SMILES string of the molecule is CC(C)(C)c1cc(C(C)(C)C)c(C(=O)[P-]C2CCCCC2)c(C(C)(C)C)c1.[Li+]. The minimum absolute atomic E-state index is 0. The van der Waals surface area contributed by atoms with Gasteiger partial charge in [-0.1, -0.05) is 107 Å². The van der Waals surface area contributed by atoms with E-state index in [2.05, 4.69) is 74.4 Å². The molecule has 0 atom stereocenters. The van der Waals surface area contributed by atoms with Crippen LogP contribution in [0.3, 0.4) is 0 Å². The van der Waals surface area contributed by atoms with Gasteiger partial charge in [0.25, 0.3) is 0 Å². The van der Waals surface area contributed by atoms with E-state index in [1.165, 1.54) is 48.8 Å². The number of carbonyl (C=O) groups is 1. The molecule has 1 aromatic carbocycles. The van der Waals surface area contributed by atoms with Crippen molar-refractivity contribution in [1.29, 1.82) is 0 Å². The second-order valence-corrected chi connectivity index (χ2v) is 12.8. The Bertz CT molecular complexity index is 645. The van der Waals surface area contributed by atoms with Crippen molar-refractivity contribution >= 4 is 14.1 Å². The van der Waals surface area contributed by atoms with Gasteiger partial charge in [-0.2, -0.15) is 5.66 Å². The van der Waals surface area contributed by atoms with Crippen molar-refractivity contribution in [2.45, 2.75) is 116 Å². The third-order valence-corrected chi connectivity index (χ3v) is 7.05. The maximum atomic E-state index is 13.6. The molecule has 0 saturated heterocycles. The molecule has 0 amide bonds. The molecule has 2 rings (SSSR count). The summed E-state index contributed by atoms with van der Waals surface area (Å²) < 4.78 is 0. The summed E-state index contributed by atoms with van der Waals surface area (Å²) in [5.41, 5.74) is 5.68. The molecule has 1 nitrogen and oxygen atoms in total. The van der Waals surface area contributed by atoms with Crippen LogP contribution in [0.5, 0.6) is 0 Å². The topological polar surface area (TPSA) is 17.1 Å². The minimum atomic E-state index is -0.0473. The van der Waals surface area contributed by atoms with Crippen LogP contribution in [-0.4, -0.2) is 11.2 Å². The van der Waals surface area contributed by atoms with Crippen LogP contribution in [0.1, 0.15) is 121 Å². The molecule has 1 aliphatic carbocycles. The average molecular weight is 395 g/mol. The van der Waals surface area contributed by atoms with E-state index < -0.39 is 0 Å². The van der Waals surface area contributed by atoms with E-state index in [-0.39, 0.29) is 35.1 Å². The molecule has 0 bridgehead atoms. The normalized spacial score (nSPS) is 17.0. The Morgan fingerprint density at radius 2 is 1.21 bits per heavy atom. The second-order valence-electron chi connectivity index (χ2n) is 11.4. The maximum absolute atomic E-state index is 13.6. The Hall–Kier alpha value is -0.0826. The molecule has 28 heavy (non-hydrogen) atoms. The van der Waals surface area contributed by atoms with Crippen molar-refractivity contribution in [3.8, 4) is 0 Å². The van der Waals surface area contributed by atoms with Gasteiger partial charge < -0.3 is 13.4 Å². The molecule has 3 heteroatoms. The van der Waals surface area contributed by atoms with Crippen LogP contribution < -0.4 is 18.9 Å².